The molecule has 8 heteroatoms. The Balaban J connectivity index is 2.15. The number of rotatable bonds is 4. The summed E-state index contributed by atoms with van der Waals surface area (Å²) >= 11 is 0. The third-order valence-electron chi connectivity index (χ3n) is 3.21. The van der Waals surface area contributed by atoms with Crippen LogP contribution in [0.15, 0.2) is 16.5 Å². The van der Waals surface area contributed by atoms with Crippen molar-refractivity contribution >= 4 is 17.8 Å². The molecule has 1 heterocycles. The second-order valence-corrected chi connectivity index (χ2v) is 4.44. The van der Waals surface area contributed by atoms with Gasteiger partial charge in [-0.15, -0.1) is 0 Å². The number of aliphatic carboxylic acids is 1. The van der Waals surface area contributed by atoms with Gasteiger partial charge in [0.25, 0.3) is 5.91 Å². The molecule has 102 valence electrons. The van der Waals surface area contributed by atoms with Crippen molar-refractivity contribution in [2.75, 3.05) is 0 Å². The minimum absolute atomic E-state index is 0.265. The van der Waals surface area contributed by atoms with E-state index in [1.807, 2.05) is 0 Å². The van der Waals surface area contributed by atoms with Gasteiger partial charge in [-0.2, -0.15) is 0 Å². The number of nitro groups is 1. The van der Waals surface area contributed by atoms with Crippen LogP contribution in [0.5, 0.6) is 0 Å². The first kappa shape index (κ1) is 13.1. The van der Waals surface area contributed by atoms with Gasteiger partial charge in [-0.1, -0.05) is 12.8 Å². The summed E-state index contributed by atoms with van der Waals surface area (Å²) in [5.74, 6) is -2.67. The SMILES string of the molecule is O=C(NC1(C(=O)O)CCCC1)c1ccc([N+](=O)[O-])o1. The molecule has 1 amide bonds. The summed E-state index contributed by atoms with van der Waals surface area (Å²) in [5, 5.41) is 22.0. The molecule has 0 radical (unpaired) electrons. The van der Waals surface area contributed by atoms with E-state index < -0.39 is 28.2 Å². The van der Waals surface area contributed by atoms with Crippen LogP contribution in [0.25, 0.3) is 0 Å². The summed E-state index contributed by atoms with van der Waals surface area (Å²) in [6, 6.07) is 2.20. The number of carboxylic acid groups (broad SMARTS) is 1. The molecule has 0 bridgehead atoms. The van der Waals surface area contributed by atoms with Crippen molar-refractivity contribution in [2.45, 2.75) is 31.2 Å². The summed E-state index contributed by atoms with van der Waals surface area (Å²) in [6.07, 6.45) is 2.11. The largest absolute Gasteiger partial charge is 0.480 e. The van der Waals surface area contributed by atoms with E-state index in [1.54, 1.807) is 0 Å². The topological polar surface area (TPSA) is 123 Å². The highest BCUT2D eigenvalue weighted by molar-refractivity contribution is 5.96. The van der Waals surface area contributed by atoms with Crippen LogP contribution in [0, 0.1) is 10.1 Å². The normalized spacial score (nSPS) is 17.1. The summed E-state index contributed by atoms with van der Waals surface area (Å²) in [7, 11) is 0. The second-order valence-electron chi connectivity index (χ2n) is 4.44. The second kappa shape index (κ2) is 4.71. The van der Waals surface area contributed by atoms with Gasteiger partial charge in [-0.05, 0) is 18.9 Å². The minimum Gasteiger partial charge on any atom is -0.480 e. The Kier molecular flexibility index (Phi) is 3.24. The van der Waals surface area contributed by atoms with Gasteiger partial charge in [0.05, 0.1) is 6.07 Å². The lowest BCUT2D eigenvalue weighted by atomic mass is 9.98. The van der Waals surface area contributed by atoms with E-state index >= 15 is 0 Å². The van der Waals surface area contributed by atoms with Gasteiger partial charge >= 0.3 is 11.9 Å². The quantitative estimate of drug-likeness (QED) is 0.627. The van der Waals surface area contributed by atoms with Gasteiger partial charge in [0.15, 0.2) is 5.76 Å². The molecule has 1 fully saturated rings. The third-order valence-corrected chi connectivity index (χ3v) is 3.21. The van der Waals surface area contributed by atoms with Crippen LogP contribution < -0.4 is 5.32 Å². The molecule has 0 atom stereocenters. The number of nitrogens with one attached hydrogen (secondary N) is 1. The molecule has 2 rings (SSSR count). The maximum absolute atomic E-state index is 11.9. The summed E-state index contributed by atoms with van der Waals surface area (Å²) in [5.41, 5.74) is -1.29. The van der Waals surface area contributed by atoms with E-state index in [1.165, 1.54) is 0 Å². The lowest BCUT2D eigenvalue weighted by Gasteiger charge is -2.24. The number of hydrogen-bond donors (Lipinski definition) is 2. The van der Waals surface area contributed by atoms with E-state index in [9.17, 15) is 24.8 Å². The third kappa shape index (κ3) is 2.42. The minimum atomic E-state index is -1.29. The lowest BCUT2D eigenvalue weighted by molar-refractivity contribution is -0.402. The van der Waals surface area contributed by atoms with Crippen LogP contribution in [-0.2, 0) is 4.79 Å². The summed E-state index contributed by atoms with van der Waals surface area (Å²) in [6.45, 7) is 0. The zero-order valence-corrected chi connectivity index (χ0v) is 9.92. The Morgan fingerprint density at radius 3 is 2.47 bits per heavy atom. The first-order chi connectivity index (χ1) is 8.94. The van der Waals surface area contributed by atoms with Gasteiger partial charge in [-0.25, -0.2) is 4.79 Å². The van der Waals surface area contributed by atoms with Crippen molar-refractivity contribution in [1.29, 1.82) is 0 Å². The first-order valence-corrected chi connectivity index (χ1v) is 5.75. The maximum atomic E-state index is 11.9. The van der Waals surface area contributed by atoms with Crippen molar-refractivity contribution in [3.8, 4) is 0 Å². The predicted octanol–water partition coefficient (Wildman–Crippen LogP) is 1.31. The molecular formula is C11H12N2O6. The summed E-state index contributed by atoms with van der Waals surface area (Å²) < 4.78 is 4.74. The molecule has 0 aromatic carbocycles. The fraction of sp³-hybridized carbons (Fsp3) is 0.455. The van der Waals surface area contributed by atoms with Crippen molar-refractivity contribution in [3.05, 3.63) is 28.0 Å². The van der Waals surface area contributed by atoms with E-state index in [2.05, 4.69) is 5.32 Å². The highest BCUT2D eigenvalue weighted by Crippen LogP contribution is 2.30. The number of carbonyl (C=O) groups excluding carboxylic acids is 1. The van der Waals surface area contributed by atoms with Crippen LogP contribution in [0.2, 0.25) is 0 Å². The molecule has 0 aliphatic heterocycles. The lowest BCUT2D eigenvalue weighted by Crippen LogP contribution is -2.52. The molecule has 8 nitrogen and oxygen atoms in total. The molecule has 0 unspecified atom stereocenters. The first-order valence-electron chi connectivity index (χ1n) is 5.75. The number of amides is 1. The van der Waals surface area contributed by atoms with E-state index in [0.29, 0.717) is 25.7 Å². The predicted molar refractivity (Wildman–Crippen MR) is 61.7 cm³/mol. The van der Waals surface area contributed by atoms with Gasteiger partial charge < -0.3 is 14.8 Å². The molecule has 1 aromatic heterocycles. The van der Waals surface area contributed by atoms with Crippen LogP contribution in [0.3, 0.4) is 0 Å². The highest BCUT2D eigenvalue weighted by Gasteiger charge is 2.43. The molecule has 1 aliphatic carbocycles. The average Bonchev–Trinajstić information content (AvgIpc) is 2.97. The standard InChI is InChI=1S/C11H12N2O6/c14-9(7-3-4-8(19-7)13(17)18)12-11(10(15)16)5-1-2-6-11/h3-4H,1-2,5-6H2,(H,12,14)(H,15,16). The molecule has 19 heavy (non-hydrogen) atoms. The molecule has 1 aromatic rings. The zero-order chi connectivity index (χ0) is 14.0. The number of furan rings is 1. The molecule has 0 saturated heterocycles. The molecule has 2 N–H and O–H groups in total. The van der Waals surface area contributed by atoms with Crippen molar-refractivity contribution in [3.63, 3.8) is 0 Å². The molecular weight excluding hydrogens is 256 g/mol. The fourth-order valence-corrected chi connectivity index (χ4v) is 2.20. The van der Waals surface area contributed by atoms with Gasteiger partial charge in [0, 0.05) is 0 Å². The van der Waals surface area contributed by atoms with Crippen LogP contribution in [0.1, 0.15) is 36.2 Å². The number of hydrogen-bond acceptors (Lipinski definition) is 5. The van der Waals surface area contributed by atoms with Gasteiger partial charge in [0.2, 0.25) is 0 Å². The van der Waals surface area contributed by atoms with Gasteiger partial charge in [0.1, 0.15) is 10.5 Å². The zero-order valence-electron chi connectivity index (χ0n) is 9.92. The molecule has 1 saturated carbocycles. The van der Waals surface area contributed by atoms with E-state index in [0.717, 1.165) is 12.1 Å². The average molecular weight is 268 g/mol. The Bertz CT molecular complexity index is 529. The van der Waals surface area contributed by atoms with Crippen molar-refractivity contribution in [1.82, 2.24) is 5.32 Å². The monoisotopic (exact) mass is 268 g/mol. The van der Waals surface area contributed by atoms with E-state index in [4.69, 9.17) is 4.42 Å². The number of carboxylic acids is 1. The highest BCUT2D eigenvalue weighted by atomic mass is 16.6. The van der Waals surface area contributed by atoms with Crippen LogP contribution in [0.4, 0.5) is 5.88 Å². The van der Waals surface area contributed by atoms with E-state index in [-0.39, 0.29) is 5.76 Å². The molecule has 1 aliphatic rings. The Morgan fingerprint density at radius 2 is 2.00 bits per heavy atom. The Hall–Kier alpha value is -2.38. The Labute approximate surface area is 107 Å². The van der Waals surface area contributed by atoms with Crippen molar-refractivity contribution < 1.29 is 24.0 Å². The van der Waals surface area contributed by atoms with Crippen molar-refractivity contribution in [2.24, 2.45) is 0 Å². The summed E-state index contributed by atoms with van der Waals surface area (Å²) in [4.78, 5) is 32.8. The fourth-order valence-electron chi connectivity index (χ4n) is 2.20. The molecule has 0 spiro atoms. The van der Waals surface area contributed by atoms with Crippen LogP contribution >= 0.6 is 0 Å². The smallest absolute Gasteiger partial charge is 0.433 e. The number of carbonyl (C=O) groups is 2. The Morgan fingerprint density at radius 1 is 1.37 bits per heavy atom. The maximum Gasteiger partial charge on any atom is 0.433 e. The van der Waals surface area contributed by atoms with Crippen LogP contribution in [-0.4, -0.2) is 27.4 Å². The number of nitrogens with zero attached hydrogens (tertiary/aromatic N) is 1. The van der Waals surface area contributed by atoms with Gasteiger partial charge in [-0.3, -0.25) is 14.9 Å².